The molecule has 1 aromatic rings. The number of rotatable bonds is 2. The number of carbonyl (C=O) groups is 1. The van der Waals surface area contributed by atoms with Crippen LogP contribution in [0, 0.1) is 0 Å². The predicted molar refractivity (Wildman–Crippen MR) is 71.3 cm³/mol. The van der Waals surface area contributed by atoms with Gasteiger partial charge in [0.15, 0.2) is 0 Å². The van der Waals surface area contributed by atoms with Crippen LogP contribution in [0.3, 0.4) is 0 Å². The van der Waals surface area contributed by atoms with Gasteiger partial charge < -0.3 is 10.2 Å². The molecule has 1 aromatic carbocycles. The van der Waals surface area contributed by atoms with Gasteiger partial charge in [-0.2, -0.15) is 0 Å². The molecule has 96 valence electrons. The number of hydrogen-bond acceptors (Lipinski definition) is 2. The molecule has 2 unspecified atom stereocenters. The number of fused-ring (bicyclic) bond motifs is 2. The van der Waals surface area contributed by atoms with E-state index in [9.17, 15) is 4.79 Å². The van der Waals surface area contributed by atoms with Crippen LogP contribution in [-0.4, -0.2) is 36.0 Å². The molecule has 2 saturated heterocycles. The van der Waals surface area contributed by atoms with Crippen molar-refractivity contribution < 1.29 is 4.79 Å². The first kappa shape index (κ1) is 11.7. The van der Waals surface area contributed by atoms with E-state index in [0.717, 1.165) is 25.1 Å². The fourth-order valence-corrected chi connectivity index (χ4v) is 3.05. The van der Waals surface area contributed by atoms with Gasteiger partial charge in [0.05, 0.1) is 6.42 Å². The Balaban J connectivity index is 1.62. The van der Waals surface area contributed by atoms with Gasteiger partial charge in [-0.1, -0.05) is 30.3 Å². The van der Waals surface area contributed by atoms with Gasteiger partial charge in [0.2, 0.25) is 5.91 Å². The second kappa shape index (κ2) is 5.11. The number of nitrogens with one attached hydrogen (secondary N) is 1. The van der Waals surface area contributed by atoms with Crippen LogP contribution in [0.5, 0.6) is 0 Å². The molecule has 18 heavy (non-hydrogen) atoms. The topological polar surface area (TPSA) is 32.3 Å². The van der Waals surface area contributed by atoms with Crippen molar-refractivity contribution in [1.82, 2.24) is 10.2 Å². The van der Waals surface area contributed by atoms with E-state index >= 15 is 0 Å². The molecule has 2 aliphatic rings. The Bertz CT molecular complexity index is 418. The van der Waals surface area contributed by atoms with Crippen molar-refractivity contribution in [2.24, 2.45) is 0 Å². The molecule has 0 radical (unpaired) electrons. The van der Waals surface area contributed by atoms with Crippen LogP contribution in [0.25, 0.3) is 0 Å². The molecule has 3 rings (SSSR count). The fourth-order valence-electron chi connectivity index (χ4n) is 3.05. The molecular weight excluding hydrogens is 224 g/mol. The van der Waals surface area contributed by atoms with Crippen LogP contribution in [0.15, 0.2) is 30.3 Å². The fraction of sp³-hybridized carbons (Fsp3) is 0.533. The Morgan fingerprint density at radius 2 is 1.94 bits per heavy atom. The zero-order chi connectivity index (χ0) is 12.4. The van der Waals surface area contributed by atoms with Crippen molar-refractivity contribution in [3.05, 3.63) is 35.9 Å². The van der Waals surface area contributed by atoms with E-state index in [-0.39, 0.29) is 5.91 Å². The van der Waals surface area contributed by atoms with Crippen LogP contribution in [-0.2, 0) is 11.2 Å². The lowest BCUT2D eigenvalue weighted by atomic mass is 10.1. The number of likely N-dealkylation sites (tertiary alicyclic amines) is 1. The maximum Gasteiger partial charge on any atom is 0.227 e. The first-order valence-electron chi connectivity index (χ1n) is 6.89. The van der Waals surface area contributed by atoms with E-state index < -0.39 is 0 Å². The molecule has 2 aliphatic heterocycles. The standard InChI is InChI=1S/C15H20N2O/c18-15(10-12-4-2-1-3-5-12)17-9-8-13-6-7-14(11-17)16-13/h1-5,13-14,16H,6-11H2. The highest BCUT2D eigenvalue weighted by molar-refractivity contribution is 5.78. The third-order valence-corrected chi connectivity index (χ3v) is 4.07. The smallest absolute Gasteiger partial charge is 0.227 e. The molecule has 0 aromatic heterocycles. The van der Waals surface area contributed by atoms with Gasteiger partial charge in [0.25, 0.3) is 0 Å². The molecule has 2 heterocycles. The molecule has 2 fully saturated rings. The molecule has 2 bridgehead atoms. The van der Waals surface area contributed by atoms with Crippen molar-refractivity contribution in [3.8, 4) is 0 Å². The molecule has 0 saturated carbocycles. The van der Waals surface area contributed by atoms with E-state index in [4.69, 9.17) is 0 Å². The molecule has 0 aliphatic carbocycles. The van der Waals surface area contributed by atoms with Gasteiger partial charge >= 0.3 is 0 Å². The van der Waals surface area contributed by atoms with E-state index in [1.54, 1.807) is 0 Å². The molecular formula is C15H20N2O. The zero-order valence-electron chi connectivity index (χ0n) is 10.6. The quantitative estimate of drug-likeness (QED) is 0.856. The van der Waals surface area contributed by atoms with E-state index in [0.29, 0.717) is 18.5 Å². The maximum atomic E-state index is 12.3. The third-order valence-electron chi connectivity index (χ3n) is 4.07. The van der Waals surface area contributed by atoms with Crippen LogP contribution in [0.2, 0.25) is 0 Å². The minimum atomic E-state index is 0.274. The Morgan fingerprint density at radius 1 is 1.17 bits per heavy atom. The highest BCUT2D eigenvalue weighted by atomic mass is 16.2. The van der Waals surface area contributed by atoms with Crippen LogP contribution < -0.4 is 5.32 Å². The van der Waals surface area contributed by atoms with E-state index in [2.05, 4.69) is 5.32 Å². The van der Waals surface area contributed by atoms with Crippen molar-refractivity contribution in [2.75, 3.05) is 13.1 Å². The molecule has 2 atom stereocenters. The van der Waals surface area contributed by atoms with E-state index in [1.807, 2.05) is 35.2 Å². The third kappa shape index (κ3) is 2.56. The highest BCUT2D eigenvalue weighted by Gasteiger charge is 2.30. The van der Waals surface area contributed by atoms with E-state index in [1.165, 1.54) is 12.8 Å². The number of hydrogen-bond donors (Lipinski definition) is 1. The van der Waals surface area contributed by atoms with Crippen LogP contribution >= 0.6 is 0 Å². The Labute approximate surface area is 108 Å². The van der Waals surface area contributed by atoms with Crippen molar-refractivity contribution in [1.29, 1.82) is 0 Å². The normalized spacial score (nSPS) is 27.0. The first-order valence-corrected chi connectivity index (χ1v) is 6.89. The minimum absolute atomic E-state index is 0.274. The number of nitrogens with zero attached hydrogens (tertiary/aromatic N) is 1. The largest absolute Gasteiger partial charge is 0.341 e. The summed E-state index contributed by atoms with van der Waals surface area (Å²) in [5, 5.41) is 3.61. The summed E-state index contributed by atoms with van der Waals surface area (Å²) in [6, 6.07) is 11.2. The molecule has 3 heteroatoms. The Hall–Kier alpha value is -1.35. The predicted octanol–water partition coefficient (Wildman–Crippen LogP) is 1.58. The van der Waals surface area contributed by atoms with Gasteiger partial charge in [-0.15, -0.1) is 0 Å². The monoisotopic (exact) mass is 244 g/mol. The van der Waals surface area contributed by atoms with Gasteiger partial charge in [0.1, 0.15) is 0 Å². The summed E-state index contributed by atoms with van der Waals surface area (Å²) in [4.78, 5) is 14.3. The van der Waals surface area contributed by atoms with Gasteiger partial charge in [0, 0.05) is 25.2 Å². The van der Waals surface area contributed by atoms with Gasteiger partial charge in [-0.05, 0) is 24.8 Å². The number of amides is 1. The number of benzene rings is 1. The average Bonchev–Trinajstić information content (AvgIpc) is 2.70. The zero-order valence-corrected chi connectivity index (χ0v) is 10.6. The second-order valence-electron chi connectivity index (χ2n) is 5.43. The molecule has 1 N–H and O–H groups in total. The van der Waals surface area contributed by atoms with Gasteiger partial charge in [-0.25, -0.2) is 0 Å². The lowest BCUT2D eigenvalue weighted by Crippen LogP contribution is -2.39. The summed E-state index contributed by atoms with van der Waals surface area (Å²) in [6.07, 6.45) is 4.15. The van der Waals surface area contributed by atoms with Crippen LogP contribution in [0.1, 0.15) is 24.8 Å². The van der Waals surface area contributed by atoms with Crippen LogP contribution in [0.4, 0.5) is 0 Å². The molecule has 0 spiro atoms. The summed E-state index contributed by atoms with van der Waals surface area (Å²) in [7, 11) is 0. The van der Waals surface area contributed by atoms with Gasteiger partial charge in [-0.3, -0.25) is 4.79 Å². The maximum absolute atomic E-state index is 12.3. The Kier molecular flexibility index (Phi) is 3.33. The first-order chi connectivity index (χ1) is 8.81. The second-order valence-corrected chi connectivity index (χ2v) is 5.43. The number of carbonyl (C=O) groups excluding carboxylic acids is 1. The summed E-state index contributed by atoms with van der Waals surface area (Å²) >= 11 is 0. The lowest BCUT2D eigenvalue weighted by Gasteiger charge is -2.24. The van der Waals surface area contributed by atoms with Crippen molar-refractivity contribution in [3.63, 3.8) is 0 Å². The molecule has 1 amide bonds. The minimum Gasteiger partial charge on any atom is -0.341 e. The lowest BCUT2D eigenvalue weighted by molar-refractivity contribution is -0.130. The Morgan fingerprint density at radius 3 is 2.78 bits per heavy atom. The van der Waals surface area contributed by atoms with Crippen molar-refractivity contribution >= 4 is 5.91 Å². The summed E-state index contributed by atoms with van der Waals surface area (Å²) in [5.74, 6) is 0.274. The summed E-state index contributed by atoms with van der Waals surface area (Å²) in [5.41, 5.74) is 1.12. The summed E-state index contributed by atoms with van der Waals surface area (Å²) < 4.78 is 0. The van der Waals surface area contributed by atoms with Crippen molar-refractivity contribution in [2.45, 2.75) is 37.8 Å². The molecule has 3 nitrogen and oxygen atoms in total. The highest BCUT2D eigenvalue weighted by Crippen LogP contribution is 2.20. The average molecular weight is 244 g/mol. The summed E-state index contributed by atoms with van der Waals surface area (Å²) in [6.45, 7) is 1.81. The SMILES string of the molecule is O=C(Cc1ccccc1)N1CCC2CCC(C1)N2.